The fraction of sp³-hybridized carbons (Fsp3) is 0.333. The normalized spacial score (nSPS) is 10.3. The average Bonchev–Trinajstić information content (AvgIpc) is 2.45. The quantitative estimate of drug-likeness (QED) is 0.825. The third-order valence-electron chi connectivity index (χ3n) is 2.66. The summed E-state index contributed by atoms with van der Waals surface area (Å²) in [6.07, 6.45) is 2.77. The van der Waals surface area contributed by atoms with Crippen molar-refractivity contribution in [2.45, 2.75) is 13.3 Å². The Labute approximate surface area is 114 Å². The predicted octanol–water partition coefficient (Wildman–Crippen LogP) is 3.00. The molecule has 1 aromatic heterocycles. The second-order valence-corrected chi connectivity index (χ2v) is 4.51. The molecule has 0 aliphatic carbocycles. The van der Waals surface area contributed by atoms with Crippen LogP contribution in [0.5, 0.6) is 5.75 Å². The molecule has 0 amide bonds. The van der Waals surface area contributed by atoms with Gasteiger partial charge in [-0.2, -0.15) is 0 Å². The Bertz CT molecular complexity index is 540. The van der Waals surface area contributed by atoms with Crippen LogP contribution >= 0.6 is 0 Å². The maximum atomic E-state index is 5.63. The van der Waals surface area contributed by atoms with Crippen molar-refractivity contribution in [3.8, 4) is 17.1 Å². The van der Waals surface area contributed by atoms with Gasteiger partial charge in [-0.15, -0.1) is 0 Å². The molecule has 2 aromatic rings. The lowest BCUT2D eigenvalue weighted by molar-refractivity contribution is 0.317. The zero-order valence-corrected chi connectivity index (χ0v) is 11.6. The van der Waals surface area contributed by atoms with Crippen LogP contribution in [0.3, 0.4) is 0 Å². The van der Waals surface area contributed by atoms with Gasteiger partial charge in [0.1, 0.15) is 11.6 Å². The maximum Gasteiger partial charge on any atom is 0.161 e. The molecule has 1 aromatic carbocycles. The summed E-state index contributed by atoms with van der Waals surface area (Å²) in [4.78, 5) is 10.8. The molecule has 100 valence electrons. The Morgan fingerprint density at radius 3 is 2.79 bits per heavy atom. The molecule has 0 unspecified atom stereocenters. The summed E-state index contributed by atoms with van der Waals surface area (Å²) in [7, 11) is 3.93. The lowest BCUT2D eigenvalue weighted by atomic mass is 10.2. The molecule has 0 saturated carbocycles. The highest BCUT2D eigenvalue weighted by Gasteiger charge is 2.05. The van der Waals surface area contributed by atoms with Crippen molar-refractivity contribution in [1.82, 2.24) is 9.97 Å². The lowest BCUT2D eigenvalue weighted by Crippen LogP contribution is -2.11. The fourth-order valence-electron chi connectivity index (χ4n) is 1.68. The Morgan fingerprint density at radius 1 is 1.21 bits per heavy atom. The Kier molecular flexibility index (Phi) is 4.34. The number of benzene rings is 1. The maximum absolute atomic E-state index is 5.63. The first-order valence-corrected chi connectivity index (χ1v) is 6.44. The fourth-order valence-corrected chi connectivity index (χ4v) is 1.68. The van der Waals surface area contributed by atoms with E-state index >= 15 is 0 Å². The average molecular weight is 257 g/mol. The zero-order valence-electron chi connectivity index (χ0n) is 11.6. The summed E-state index contributed by atoms with van der Waals surface area (Å²) in [6, 6.07) is 9.78. The standard InChI is InChI=1S/C15H19N3O/c1-4-10-19-13-7-5-6-12(11-13)15-16-9-8-14(17-15)18(2)3/h5-9,11H,4,10H2,1-3H3. The van der Waals surface area contributed by atoms with Gasteiger partial charge in [-0.05, 0) is 24.6 Å². The van der Waals surface area contributed by atoms with E-state index in [1.165, 1.54) is 0 Å². The van der Waals surface area contributed by atoms with Gasteiger partial charge in [-0.1, -0.05) is 19.1 Å². The van der Waals surface area contributed by atoms with Crippen molar-refractivity contribution in [3.63, 3.8) is 0 Å². The second-order valence-electron chi connectivity index (χ2n) is 4.51. The molecule has 0 radical (unpaired) electrons. The number of rotatable bonds is 5. The van der Waals surface area contributed by atoms with Crippen LogP contribution in [0, 0.1) is 0 Å². The van der Waals surface area contributed by atoms with Crippen molar-refractivity contribution in [2.75, 3.05) is 25.6 Å². The number of hydrogen-bond acceptors (Lipinski definition) is 4. The van der Waals surface area contributed by atoms with Crippen molar-refractivity contribution >= 4 is 5.82 Å². The van der Waals surface area contributed by atoms with Gasteiger partial charge < -0.3 is 9.64 Å². The first-order chi connectivity index (χ1) is 9.20. The van der Waals surface area contributed by atoms with Crippen LogP contribution in [0.15, 0.2) is 36.5 Å². The van der Waals surface area contributed by atoms with Crippen molar-refractivity contribution in [1.29, 1.82) is 0 Å². The van der Waals surface area contributed by atoms with Crippen LogP contribution in [0.4, 0.5) is 5.82 Å². The molecular formula is C15H19N3O. The van der Waals surface area contributed by atoms with Crippen LogP contribution in [0.2, 0.25) is 0 Å². The number of hydrogen-bond donors (Lipinski definition) is 0. The molecule has 0 bridgehead atoms. The van der Waals surface area contributed by atoms with E-state index in [0.29, 0.717) is 5.82 Å². The van der Waals surface area contributed by atoms with E-state index in [9.17, 15) is 0 Å². The monoisotopic (exact) mass is 257 g/mol. The minimum Gasteiger partial charge on any atom is -0.494 e. The van der Waals surface area contributed by atoms with E-state index in [-0.39, 0.29) is 0 Å². The van der Waals surface area contributed by atoms with Gasteiger partial charge in [0, 0.05) is 25.9 Å². The first-order valence-electron chi connectivity index (χ1n) is 6.44. The second kappa shape index (κ2) is 6.18. The highest BCUT2D eigenvalue weighted by molar-refractivity contribution is 5.59. The van der Waals surface area contributed by atoms with E-state index in [1.54, 1.807) is 6.20 Å². The third kappa shape index (κ3) is 3.44. The van der Waals surface area contributed by atoms with Crippen LogP contribution in [-0.4, -0.2) is 30.7 Å². The van der Waals surface area contributed by atoms with Crippen LogP contribution in [0.25, 0.3) is 11.4 Å². The van der Waals surface area contributed by atoms with Gasteiger partial charge in [-0.3, -0.25) is 0 Å². The SMILES string of the molecule is CCCOc1cccc(-c2nccc(N(C)C)n2)c1. The van der Waals surface area contributed by atoms with Crippen molar-refractivity contribution in [2.24, 2.45) is 0 Å². The number of nitrogens with zero attached hydrogens (tertiary/aromatic N) is 3. The van der Waals surface area contributed by atoms with Crippen LogP contribution in [0.1, 0.15) is 13.3 Å². The zero-order chi connectivity index (χ0) is 13.7. The van der Waals surface area contributed by atoms with E-state index in [2.05, 4.69) is 16.9 Å². The summed E-state index contributed by atoms with van der Waals surface area (Å²) < 4.78 is 5.63. The number of aromatic nitrogens is 2. The van der Waals surface area contributed by atoms with Gasteiger partial charge in [0.15, 0.2) is 5.82 Å². The molecule has 1 heterocycles. The predicted molar refractivity (Wildman–Crippen MR) is 77.6 cm³/mol. The van der Waals surface area contributed by atoms with Crippen molar-refractivity contribution < 1.29 is 4.74 Å². The molecule has 0 aliphatic heterocycles. The third-order valence-corrected chi connectivity index (χ3v) is 2.66. The van der Waals surface area contributed by atoms with Gasteiger partial charge in [-0.25, -0.2) is 9.97 Å². The highest BCUT2D eigenvalue weighted by atomic mass is 16.5. The smallest absolute Gasteiger partial charge is 0.161 e. The molecule has 0 aliphatic rings. The van der Waals surface area contributed by atoms with Gasteiger partial charge in [0.25, 0.3) is 0 Å². The molecule has 0 atom stereocenters. The molecule has 4 nitrogen and oxygen atoms in total. The molecule has 4 heteroatoms. The Hall–Kier alpha value is -2.10. The van der Waals surface area contributed by atoms with E-state index in [4.69, 9.17) is 4.74 Å². The van der Waals surface area contributed by atoms with Crippen LogP contribution in [-0.2, 0) is 0 Å². The summed E-state index contributed by atoms with van der Waals surface area (Å²) in [6.45, 7) is 2.82. The van der Waals surface area contributed by atoms with E-state index in [0.717, 1.165) is 30.2 Å². The lowest BCUT2D eigenvalue weighted by Gasteiger charge is -2.12. The van der Waals surface area contributed by atoms with Gasteiger partial charge >= 0.3 is 0 Å². The molecular weight excluding hydrogens is 238 g/mol. The van der Waals surface area contributed by atoms with Gasteiger partial charge in [0.2, 0.25) is 0 Å². The summed E-state index contributed by atoms with van der Waals surface area (Å²) in [5, 5.41) is 0. The Morgan fingerprint density at radius 2 is 2.05 bits per heavy atom. The first kappa shape index (κ1) is 13.3. The molecule has 0 saturated heterocycles. The minimum absolute atomic E-state index is 0.716. The van der Waals surface area contributed by atoms with Crippen molar-refractivity contribution in [3.05, 3.63) is 36.5 Å². The Balaban J connectivity index is 2.28. The number of anilines is 1. The molecule has 0 spiro atoms. The summed E-state index contributed by atoms with van der Waals surface area (Å²) in [5.41, 5.74) is 0.970. The summed E-state index contributed by atoms with van der Waals surface area (Å²) >= 11 is 0. The van der Waals surface area contributed by atoms with E-state index < -0.39 is 0 Å². The van der Waals surface area contributed by atoms with Gasteiger partial charge in [0.05, 0.1) is 6.61 Å². The molecule has 0 fully saturated rings. The molecule has 0 N–H and O–H groups in total. The molecule has 2 rings (SSSR count). The highest BCUT2D eigenvalue weighted by Crippen LogP contribution is 2.22. The van der Waals surface area contributed by atoms with Crippen LogP contribution < -0.4 is 9.64 Å². The number of ether oxygens (including phenoxy) is 1. The largest absolute Gasteiger partial charge is 0.494 e. The summed E-state index contributed by atoms with van der Waals surface area (Å²) in [5.74, 6) is 2.47. The topological polar surface area (TPSA) is 38.2 Å². The molecule has 19 heavy (non-hydrogen) atoms. The minimum atomic E-state index is 0.716. The van der Waals surface area contributed by atoms with E-state index in [1.807, 2.05) is 49.3 Å².